The average Bonchev–Trinajstić information content (AvgIpc) is 2.33. The molecule has 17 heavy (non-hydrogen) atoms. The van der Waals surface area contributed by atoms with Gasteiger partial charge in [0.25, 0.3) is 0 Å². The summed E-state index contributed by atoms with van der Waals surface area (Å²) in [6, 6.07) is 8.90. The summed E-state index contributed by atoms with van der Waals surface area (Å²) >= 11 is 0. The van der Waals surface area contributed by atoms with E-state index in [1.54, 1.807) is 12.1 Å². The van der Waals surface area contributed by atoms with Crippen LogP contribution in [0.1, 0.15) is 5.69 Å². The number of nitriles is 1. The molecule has 2 N–H and O–H groups in total. The molecule has 0 amide bonds. The first kappa shape index (κ1) is 10.9. The molecule has 0 saturated carbocycles. The first-order chi connectivity index (χ1) is 8.20. The van der Waals surface area contributed by atoms with Gasteiger partial charge >= 0.3 is 0 Å². The van der Waals surface area contributed by atoms with Gasteiger partial charge in [0.1, 0.15) is 11.9 Å². The Morgan fingerprint density at radius 1 is 1.29 bits per heavy atom. The Kier molecular flexibility index (Phi) is 2.88. The molecule has 1 aromatic carbocycles. The number of aromatic nitrogens is 1. The van der Waals surface area contributed by atoms with Crippen LogP contribution < -0.4 is 10.5 Å². The highest BCUT2D eigenvalue weighted by molar-refractivity contribution is 5.54. The van der Waals surface area contributed by atoms with Crippen molar-refractivity contribution in [3.8, 4) is 17.6 Å². The molecule has 0 unspecified atom stereocenters. The van der Waals surface area contributed by atoms with Crippen molar-refractivity contribution in [1.82, 2.24) is 4.98 Å². The second kappa shape index (κ2) is 4.49. The Hall–Kier alpha value is -2.61. The molecule has 2 rings (SSSR count). The summed E-state index contributed by atoms with van der Waals surface area (Å²) in [5.74, 6) is 0.130. The summed E-state index contributed by atoms with van der Waals surface area (Å²) in [5, 5.41) is 8.83. The Labute approximate surface area is 97.1 Å². The van der Waals surface area contributed by atoms with Crippen LogP contribution in [0.15, 0.2) is 36.5 Å². The van der Waals surface area contributed by atoms with Gasteiger partial charge in [-0.2, -0.15) is 5.26 Å². The average molecular weight is 229 g/mol. The molecule has 0 aliphatic rings. The maximum Gasteiger partial charge on any atom is 0.183 e. The number of hydrogen-bond acceptors (Lipinski definition) is 4. The van der Waals surface area contributed by atoms with Crippen molar-refractivity contribution in [1.29, 1.82) is 5.26 Å². The molecule has 5 heteroatoms. The van der Waals surface area contributed by atoms with Gasteiger partial charge in [0.05, 0.1) is 5.69 Å². The lowest BCUT2D eigenvalue weighted by Crippen LogP contribution is -1.95. The normalized spacial score (nSPS) is 9.65. The Balaban J connectivity index is 2.35. The van der Waals surface area contributed by atoms with Gasteiger partial charge in [0, 0.05) is 12.3 Å². The second-order valence-corrected chi connectivity index (χ2v) is 3.25. The Morgan fingerprint density at radius 2 is 2.12 bits per heavy atom. The van der Waals surface area contributed by atoms with E-state index >= 15 is 0 Å². The molecular formula is C12H8FN3O. The third-order valence-corrected chi connectivity index (χ3v) is 2.07. The highest BCUT2D eigenvalue weighted by Gasteiger charge is 2.07. The first-order valence-corrected chi connectivity index (χ1v) is 4.78. The van der Waals surface area contributed by atoms with E-state index < -0.39 is 5.82 Å². The number of anilines is 1. The number of nitrogen functional groups attached to an aromatic ring is 1. The largest absolute Gasteiger partial charge is 0.452 e. The standard InChI is InChI=1S/C12H8FN3O/c13-8-3-4-11(9(15)6-8)17-12-2-1-5-16-10(12)7-14/h1-6H,15H2. The van der Waals surface area contributed by atoms with E-state index in [4.69, 9.17) is 15.7 Å². The Bertz CT molecular complexity index is 593. The van der Waals surface area contributed by atoms with E-state index in [-0.39, 0.29) is 22.9 Å². The van der Waals surface area contributed by atoms with Gasteiger partial charge in [-0.15, -0.1) is 0 Å². The summed E-state index contributed by atoms with van der Waals surface area (Å²) in [6.07, 6.45) is 1.49. The van der Waals surface area contributed by atoms with E-state index in [2.05, 4.69) is 4.98 Å². The number of nitrogens with zero attached hydrogens (tertiary/aromatic N) is 2. The molecule has 2 aromatic rings. The monoisotopic (exact) mass is 229 g/mol. The molecule has 1 heterocycles. The molecule has 0 radical (unpaired) electrons. The van der Waals surface area contributed by atoms with Gasteiger partial charge in [-0.05, 0) is 24.3 Å². The zero-order valence-corrected chi connectivity index (χ0v) is 8.72. The van der Waals surface area contributed by atoms with Gasteiger partial charge in [-0.1, -0.05) is 0 Å². The van der Waals surface area contributed by atoms with E-state index in [9.17, 15) is 4.39 Å². The van der Waals surface area contributed by atoms with Gasteiger partial charge in [-0.25, -0.2) is 9.37 Å². The number of pyridine rings is 1. The smallest absolute Gasteiger partial charge is 0.183 e. The van der Waals surface area contributed by atoms with Crippen molar-refractivity contribution in [3.05, 3.63) is 48.0 Å². The predicted octanol–water partition coefficient (Wildman–Crippen LogP) is 2.47. The summed E-state index contributed by atoms with van der Waals surface area (Å²) in [5.41, 5.74) is 5.91. The van der Waals surface area contributed by atoms with Crippen LogP contribution in [0.3, 0.4) is 0 Å². The molecule has 1 aromatic heterocycles. The maximum absolute atomic E-state index is 12.8. The molecule has 4 nitrogen and oxygen atoms in total. The fourth-order valence-electron chi connectivity index (χ4n) is 1.29. The number of halogens is 1. The third kappa shape index (κ3) is 2.32. The predicted molar refractivity (Wildman–Crippen MR) is 59.8 cm³/mol. The highest BCUT2D eigenvalue weighted by Crippen LogP contribution is 2.28. The molecule has 84 valence electrons. The number of nitrogens with two attached hydrogens (primary N) is 1. The summed E-state index contributed by atoms with van der Waals surface area (Å²) in [6.45, 7) is 0. The molecular weight excluding hydrogens is 221 g/mol. The van der Waals surface area contributed by atoms with E-state index in [0.717, 1.165) is 6.07 Å². The molecule has 0 aliphatic heterocycles. The van der Waals surface area contributed by atoms with E-state index in [0.29, 0.717) is 0 Å². The van der Waals surface area contributed by atoms with Crippen molar-refractivity contribution in [2.75, 3.05) is 5.73 Å². The number of benzene rings is 1. The SMILES string of the molecule is N#Cc1ncccc1Oc1ccc(F)cc1N. The lowest BCUT2D eigenvalue weighted by molar-refractivity contribution is 0.479. The fourth-order valence-corrected chi connectivity index (χ4v) is 1.29. The van der Waals surface area contributed by atoms with Gasteiger partial charge in [0.2, 0.25) is 0 Å². The number of ether oxygens (including phenoxy) is 1. The van der Waals surface area contributed by atoms with E-state index in [1.165, 1.54) is 18.3 Å². The van der Waals surface area contributed by atoms with Crippen LogP contribution in [0, 0.1) is 17.1 Å². The van der Waals surface area contributed by atoms with Crippen molar-refractivity contribution < 1.29 is 9.13 Å². The van der Waals surface area contributed by atoms with Crippen molar-refractivity contribution in [3.63, 3.8) is 0 Å². The van der Waals surface area contributed by atoms with E-state index in [1.807, 2.05) is 6.07 Å². The topological polar surface area (TPSA) is 71.9 Å². The van der Waals surface area contributed by atoms with Crippen LogP contribution in [0.25, 0.3) is 0 Å². The maximum atomic E-state index is 12.8. The minimum Gasteiger partial charge on any atom is -0.452 e. The zero-order chi connectivity index (χ0) is 12.3. The van der Waals surface area contributed by atoms with Crippen LogP contribution in [-0.4, -0.2) is 4.98 Å². The summed E-state index contributed by atoms with van der Waals surface area (Å²) < 4.78 is 18.2. The Morgan fingerprint density at radius 3 is 2.82 bits per heavy atom. The molecule has 0 saturated heterocycles. The van der Waals surface area contributed by atoms with Crippen molar-refractivity contribution in [2.45, 2.75) is 0 Å². The lowest BCUT2D eigenvalue weighted by atomic mass is 10.3. The molecule has 0 atom stereocenters. The number of rotatable bonds is 2. The van der Waals surface area contributed by atoms with Crippen LogP contribution in [0.2, 0.25) is 0 Å². The molecule has 0 spiro atoms. The van der Waals surface area contributed by atoms with Gasteiger partial charge in [0.15, 0.2) is 17.2 Å². The highest BCUT2D eigenvalue weighted by atomic mass is 19.1. The van der Waals surface area contributed by atoms with Crippen molar-refractivity contribution in [2.24, 2.45) is 0 Å². The second-order valence-electron chi connectivity index (χ2n) is 3.25. The lowest BCUT2D eigenvalue weighted by Gasteiger charge is -2.08. The molecule has 0 fully saturated rings. The van der Waals surface area contributed by atoms with Crippen LogP contribution >= 0.6 is 0 Å². The molecule has 0 aliphatic carbocycles. The quantitative estimate of drug-likeness (QED) is 0.803. The van der Waals surface area contributed by atoms with Crippen LogP contribution in [-0.2, 0) is 0 Å². The summed E-state index contributed by atoms with van der Waals surface area (Å²) in [7, 11) is 0. The van der Waals surface area contributed by atoms with Gasteiger partial charge in [-0.3, -0.25) is 0 Å². The van der Waals surface area contributed by atoms with Crippen LogP contribution in [0.4, 0.5) is 10.1 Å². The zero-order valence-electron chi connectivity index (χ0n) is 8.72. The van der Waals surface area contributed by atoms with Crippen LogP contribution in [0.5, 0.6) is 11.5 Å². The third-order valence-electron chi connectivity index (χ3n) is 2.07. The minimum absolute atomic E-state index is 0.149. The van der Waals surface area contributed by atoms with Gasteiger partial charge < -0.3 is 10.5 Å². The fraction of sp³-hybridized carbons (Fsp3) is 0. The molecule has 0 bridgehead atoms. The minimum atomic E-state index is -0.443. The van der Waals surface area contributed by atoms with Crippen molar-refractivity contribution >= 4 is 5.69 Å². The first-order valence-electron chi connectivity index (χ1n) is 4.78. The summed E-state index contributed by atoms with van der Waals surface area (Å²) in [4.78, 5) is 3.84. The number of hydrogen-bond donors (Lipinski definition) is 1.